The van der Waals surface area contributed by atoms with Crippen molar-refractivity contribution in [3.63, 3.8) is 0 Å². The van der Waals surface area contributed by atoms with Gasteiger partial charge in [-0.1, -0.05) is 53.6 Å². The summed E-state index contributed by atoms with van der Waals surface area (Å²) in [6.45, 7) is 0. The summed E-state index contributed by atoms with van der Waals surface area (Å²) in [5, 5.41) is 59.7. The molecule has 0 aromatic heterocycles. The van der Waals surface area contributed by atoms with E-state index in [1.165, 1.54) is 48.5 Å². The highest BCUT2D eigenvalue weighted by Gasteiger charge is 2.24. The molecule has 128 valence electrons. The van der Waals surface area contributed by atoms with Crippen LogP contribution >= 0.6 is 0 Å². The smallest absolute Gasteiger partial charge is 0.423 e. The molecule has 2 rings (SSSR count). The van der Waals surface area contributed by atoms with Crippen LogP contribution in [0.25, 0.3) is 0 Å². The molecular formula is C12H14B4O9. The topological polar surface area (TPSA) is 149 Å². The Morgan fingerprint density at radius 3 is 1.04 bits per heavy atom. The Labute approximate surface area is 144 Å². The van der Waals surface area contributed by atoms with Gasteiger partial charge < -0.3 is 30.1 Å². The Morgan fingerprint density at radius 1 is 0.480 bits per heavy atom. The zero-order chi connectivity index (χ0) is 18.4. The van der Waals surface area contributed by atoms with Crippen LogP contribution in [0.5, 0.6) is 0 Å². The second-order valence-corrected chi connectivity index (χ2v) is 5.05. The number of hydrogen-bond donors (Lipinski definition) is 6. The second-order valence-electron chi connectivity index (χ2n) is 5.05. The highest BCUT2D eigenvalue weighted by atomic mass is 17.5. The van der Waals surface area contributed by atoms with E-state index in [1.54, 1.807) is 0 Å². The molecule has 6 N–H and O–H groups in total. The SMILES string of the molecule is OB(O)c1ccc(B(O)OOOB(O)c2ccc(B(O)O)cc2)cc1. The molecule has 0 saturated carbocycles. The maximum absolute atomic E-state index is 9.74. The Balaban J connectivity index is 1.82. The van der Waals surface area contributed by atoms with Crippen LogP contribution in [0.4, 0.5) is 0 Å². The fraction of sp³-hybridized carbons (Fsp3) is 0. The molecule has 25 heavy (non-hydrogen) atoms. The number of rotatable bonds is 8. The normalized spacial score (nSPS) is 10.5. The van der Waals surface area contributed by atoms with Crippen LogP contribution in [-0.4, -0.2) is 58.6 Å². The molecular weight excluding hydrogens is 331 g/mol. The minimum Gasteiger partial charge on any atom is -0.423 e. The molecule has 0 amide bonds. The van der Waals surface area contributed by atoms with Crippen molar-refractivity contribution < 1.29 is 44.8 Å². The second kappa shape index (κ2) is 9.15. The van der Waals surface area contributed by atoms with Crippen LogP contribution in [0, 0.1) is 0 Å². The van der Waals surface area contributed by atoms with Crippen molar-refractivity contribution in [1.29, 1.82) is 0 Å². The lowest BCUT2D eigenvalue weighted by molar-refractivity contribution is -0.429. The molecule has 2 aromatic carbocycles. The summed E-state index contributed by atoms with van der Waals surface area (Å²) >= 11 is 0. The van der Waals surface area contributed by atoms with Crippen LogP contribution in [0.2, 0.25) is 0 Å². The van der Waals surface area contributed by atoms with Gasteiger partial charge in [-0.2, -0.15) is 0 Å². The van der Waals surface area contributed by atoms with Gasteiger partial charge in [-0.3, -0.25) is 0 Å². The molecule has 13 heteroatoms. The quantitative estimate of drug-likeness (QED) is 0.157. The summed E-state index contributed by atoms with van der Waals surface area (Å²) < 4.78 is 0. The summed E-state index contributed by atoms with van der Waals surface area (Å²) in [6.07, 6.45) is 0. The molecule has 0 radical (unpaired) electrons. The van der Waals surface area contributed by atoms with Gasteiger partial charge in [0.05, 0.1) is 0 Å². The summed E-state index contributed by atoms with van der Waals surface area (Å²) in [4.78, 5) is 9.10. The van der Waals surface area contributed by atoms with Gasteiger partial charge in [0.15, 0.2) is 0 Å². The molecule has 0 aliphatic carbocycles. The lowest BCUT2D eigenvalue weighted by Crippen LogP contribution is -2.39. The van der Waals surface area contributed by atoms with Gasteiger partial charge in [0.1, 0.15) is 0 Å². The van der Waals surface area contributed by atoms with E-state index in [2.05, 4.69) is 14.6 Å². The molecule has 9 nitrogen and oxygen atoms in total. The van der Waals surface area contributed by atoms with Crippen molar-refractivity contribution in [3.8, 4) is 0 Å². The first-order valence-corrected chi connectivity index (χ1v) is 7.15. The zero-order valence-corrected chi connectivity index (χ0v) is 12.8. The lowest BCUT2D eigenvalue weighted by atomic mass is 9.75. The summed E-state index contributed by atoms with van der Waals surface area (Å²) in [5.74, 6) is 0. The third-order valence-electron chi connectivity index (χ3n) is 3.30. The van der Waals surface area contributed by atoms with Gasteiger partial charge in [0.2, 0.25) is 0 Å². The highest BCUT2D eigenvalue weighted by Crippen LogP contribution is 1.93. The van der Waals surface area contributed by atoms with Gasteiger partial charge in [-0.05, 0) is 21.9 Å². The first-order chi connectivity index (χ1) is 11.9. The van der Waals surface area contributed by atoms with Crippen LogP contribution in [0.1, 0.15) is 0 Å². The minimum atomic E-state index is -1.62. The summed E-state index contributed by atoms with van der Waals surface area (Å²) in [7, 11) is -6.33. The van der Waals surface area contributed by atoms with Crippen molar-refractivity contribution in [2.75, 3.05) is 0 Å². The van der Waals surface area contributed by atoms with Gasteiger partial charge >= 0.3 is 28.5 Å². The van der Waals surface area contributed by atoms with E-state index in [0.717, 1.165) is 0 Å². The molecule has 0 atom stereocenters. The first-order valence-electron chi connectivity index (χ1n) is 7.15. The van der Waals surface area contributed by atoms with Crippen molar-refractivity contribution in [2.24, 2.45) is 0 Å². The summed E-state index contributed by atoms with van der Waals surface area (Å²) in [5.41, 5.74) is 0.979. The monoisotopic (exact) mass is 346 g/mol. The molecule has 2 aromatic rings. The Kier molecular flexibility index (Phi) is 7.20. The standard InChI is InChI=1S/C12H14B4O9/c17-13(18)9-1-5-11(6-2-9)15(21)23-25-24-16(22)12-7-3-10(4-8-12)14(19)20/h1-8,17-22H. The molecule has 0 heterocycles. The minimum absolute atomic E-state index is 0.236. The van der Waals surface area contributed by atoms with Crippen LogP contribution in [0.15, 0.2) is 48.5 Å². The van der Waals surface area contributed by atoms with Crippen LogP contribution < -0.4 is 21.9 Å². The van der Waals surface area contributed by atoms with Crippen molar-refractivity contribution in [2.45, 2.75) is 0 Å². The van der Waals surface area contributed by atoms with Crippen molar-refractivity contribution in [1.82, 2.24) is 0 Å². The number of benzene rings is 2. The fourth-order valence-corrected chi connectivity index (χ4v) is 1.87. The lowest BCUT2D eigenvalue weighted by Gasteiger charge is -2.10. The van der Waals surface area contributed by atoms with Crippen molar-refractivity contribution >= 4 is 50.3 Å². The van der Waals surface area contributed by atoms with E-state index in [0.29, 0.717) is 0 Å². The molecule has 0 fully saturated rings. The Bertz CT molecular complexity index is 595. The predicted octanol–water partition coefficient (Wildman–Crippen LogP) is -5.00. The molecule has 0 aliphatic heterocycles. The first kappa shape index (κ1) is 19.7. The molecule has 0 spiro atoms. The molecule has 0 unspecified atom stereocenters. The average Bonchev–Trinajstić information content (AvgIpc) is 2.61. The third-order valence-corrected chi connectivity index (χ3v) is 3.30. The van der Waals surface area contributed by atoms with E-state index in [9.17, 15) is 10.0 Å². The van der Waals surface area contributed by atoms with E-state index in [1.807, 2.05) is 0 Å². The zero-order valence-electron chi connectivity index (χ0n) is 12.8. The van der Waals surface area contributed by atoms with Gasteiger partial charge in [0.25, 0.3) is 0 Å². The fourth-order valence-electron chi connectivity index (χ4n) is 1.87. The maximum Gasteiger partial charge on any atom is 0.527 e. The van der Waals surface area contributed by atoms with Gasteiger partial charge in [-0.15, -0.1) is 0 Å². The van der Waals surface area contributed by atoms with E-state index >= 15 is 0 Å². The van der Waals surface area contributed by atoms with E-state index < -0.39 is 28.5 Å². The van der Waals surface area contributed by atoms with E-state index in [-0.39, 0.29) is 21.9 Å². The maximum atomic E-state index is 9.74. The largest absolute Gasteiger partial charge is 0.527 e. The van der Waals surface area contributed by atoms with Crippen LogP contribution in [0.3, 0.4) is 0 Å². The molecule has 0 saturated heterocycles. The predicted molar refractivity (Wildman–Crippen MR) is 91.0 cm³/mol. The Morgan fingerprint density at radius 2 is 0.760 bits per heavy atom. The molecule has 0 bridgehead atoms. The van der Waals surface area contributed by atoms with Crippen LogP contribution in [-0.2, 0) is 14.6 Å². The number of hydrogen-bond acceptors (Lipinski definition) is 9. The van der Waals surface area contributed by atoms with Crippen molar-refractivity contribution in [3.05, 3.63) is 48.5 Å². The Hall–Kier alpha value is -1.66. The van der Waals surface area contributed by atoms with Gasteiger partial charge in [0, 0.05) is 0 Å². The third kappa shape index (κ3) is 5.68. The molecule has 0 aliphatic rings. The summed E-state index contributed by atoms with van der Waals surface area (Å²) in [6, 6.07) is 11.0. The van der Waals surface area contributed by atoms with Gasteiger partial charge in [-0.25, -0.2) is 9.61 Å². The average molecular weight is 345 g/mol. The highest BCUT2D eigenvalue weighted by molar-refractivity contribution is 6.62. The van der Waals surface area contributed by atoms with E-state index in [4.69, 9.17) is 20.1 Å².